The molecule has 0 aromatic heterocycles. The molecule has 2 aromatic carbocycles. The molecule has 0 radical (unpaired) electrons. The van der Waals surface area contributed by atoms with Gasteiger partial charge in [-0.25, -0.2) is 9.59 Å². The fraction of sp³-hybridized carbons (Fsp3) is 0.417. The van der Waals surface area contributed by atoms with Gasteiger partial charge in [0, 0.05) is 29.4 Å². The zero-order valence-corrected chi connectivity index (χ0v) is 26.0. The smallest absolute Gasteiger partial charge is 0.343 e. The molecular weight excluding hydrogens is 560 g/mol. The van der Waals surface area contributed by atoms with Crippen LogP contribution >= 0.6 is 0 Å². The van der Waals surface area contributed by atoms with Gasteiger partial charge in [-0.05, 0) is 48.4 Å². The molecule has 3 aliphatic carbocycles. The number of ether oxygens (including phenoxy) is 3. The van der Waals surface area contributed by atoms with Gasteiger partial charge in [0.25, 0.3) is 0 Å². The molecule has 0 unspecified atom stereocenters. The van der Waals surface area contributed by atoms with E-state index < -0.39 is 64.3 Å². The van der Waals surface area contributed by atoms with E-state index in [-0.39, 0.29) is 28.0 Å². The number of ketones is 2. The second-order valence-corrected chi connectivity index (χ2v) is 13.1. The quantitative estimate of drug-likeness (QED) is 0.219. The highest BCUT2D eigenvalue weighted by molar-refractivity contribution is 6.26. The summed E-state index contributed by atoms with van der Waals surface area (Å²) < 4.78 is 17.8. The van der Waals surface area contributed by atoms with E-state index in [9.17, 15) is 24.0 Å². The molecular formula is C36H38O8. The Hall–Kier alpha value is -4.33. The van der Waals surface area contributed by atoms with Crippen LogP contribution in [0.3, 0.4) is 0 Å². The Kier molecular flexibility index (Phi) is 8.23. The fourth-order valence-electron chi connectivity index (χ4n) is 7.62. The predicted molar refractivity (Wildman–Crippen MR) is 161 cm³/mol. The van der Waals surface area contributed by atoms with Gasteiger partial charge < -0.3 is 14.2 Å². The van der Waals surface area contributed by atoms with Crippen LogP contribution < -0.4 is 0 Å². The van der Waals surface area contributed by atoms with E-state index in [4.69, 9.17) is 14.2 Å². The van der Waals surface area contributed by atoms with Crippen LogP contribution in [-0.2, 0) is 28.6 Å². The molecule has 1 saturated carbocycles. The number of Topliss-reactive ketones (excluding diaryl/α,β-unsaturated/α-hetero) is 2. The Balaban J connectivity index is 1.70. The lowest BCUT2D eigenvalue weighted by atomic mass is 9.47. The number of hydrogen-bond acceptors (Lipinski definition) is 8. The summed E-state index contributed by atoms with van der Waals surface area (Å²) in [6.45, 7) is 10.7. The van der Waals surface area contributed by atoms with Gasteiger partial charge in [0.1, 0.15) is 6.10 Å². The number of hydrogen-bond donors (Lipinski definition) is 0. The largest absolute Gasteiger partial charge is 0.454 e. The van der Waals surface area contributed by atoms with Crippen LogP contribution in [0.1, 0.15) is 81.5 Å². The summed E-state index contributed by atoms with van der Waals surface area (Å²) in [6.07, 6.45) is -0.364. The number of rotatable bonds is 6. The van der Waals surface area contributed by atoms with Crippen molar-refractivity contribution in [3.63, 3.8) is 0 Å². The van der Waals surface area contributed by atoms with Crippen molar-refractivity contribution >= 4 is 29.5 Å². The van der Waals surface area contributed by atoms with Crippen LogP contribution in [0.15, 0.2) is 83.1 Å². The van der Waals surface area contributed by atoms with Crippen LogP contribution in [0.5, 0.6) is 0 Å². The Labute approximate surface area is 257 Å². The molecule has 0 saturated heterocycles. The third-order valence-corrected chi connectivity index (χ3v) is 9.29. The first-order chi connectivity index (χ1) is 20.8. The molecule has 8 heteroatoms. The lowest BCUT2D eigenvalue weighted by molar-refractivity contribution is -0.167. The molecule has 1 fully saturated rings. The van der Waals surface area contributed by atoms with E-state index in [1.807, 2.05) is 20.8 Å². The molecule has 8 nitrogen and oxygen atoms in total. The molecule has 0 aliphatic heterocycles. The Morgan fingerprint density at radius 2 is 1.36 bits per heavy atom. The number of carbonyl (C=O) groups excluding carboxylic acids is 5. The molecule has 3 aliphatic rings. The van der Waals surface area contributed by atoms with Gasteiger partial charge in [-0.3, -0.25) is 14.4 Å². The number of benzene rings is 2. The van der Waals surface area contributed by atoms with E-state index >= 15 is 0 Å². The van der Waals surface area contributed by atoms with Crippen LogP contribution in [0, 0.1) is 22.7 Å². The number of carbonyl (C=O) groups is 5. The first-order valence-electron chi connectivity index (χ1n) is 15.1. The van der Waals surface area contributed by atoms with Crippen molar-refractivity contribution in [3.05, 3.63) is 94.3 Å². The first-order valence-corrected chi connectivity index (χ1v) is 15.1. The molecule has 230 valence electrons. The summed E-state index contributed by atoms with van der Waals surface area (Å²) in [6, 6.07) is 16.7. The molecule has 0 heterocycles. The van der Waals surface area contributed by atoms with Gasteiger partial charge in [-0.1, -0.05) is 77.4 Å². The monoisotopic (exact) mass is 598 g/mol. The highest BCUT2D eigenvalue weighted by Gasteiger charge is 2.64. The molecule has 4 atom stereocenters. The van der Waals surface area contributed by atoms with Gasteiger partial charge in [0.2, 0.25) is 5.78 Å². The summed E-state index contributed by atoms with van der Waals surface area (Å²) >= 11 is 0. The summed E-state index contributed by atoms with van der Waals surface area (Å²) in [7, 11) is 0. The second-order valence-electron chi connectivity index (χ2n) is 13.1. The van der Waals surface area contributed by atoms with E-state index in [1.54, 1.807) is 74.5 Å². The molecule has 0 N–H and O–H groups in total. The predicted octanol–water partition coefficient (Wildman–Crippen LogP) is 6.21. The van der Waals surface area contributed by atoms with E-state index in [0.29, 0.717) is 12.0 Å². The van der Waals surface area contributed by atoms with E-state index in [1.165, 1.54) is 6.92 Å². The van der Waals surface area contributed by atoms with Crippen molar-refractivity contribution in [2.75, 3.05) is 0 Å². The Bertz CT molecular complexity index is 1580. The zero-order valence-electron chi connectivity index (χ0n) is 26.0. The lowest BCUT2D eigenvalue weighted by Crippen LogP contribution is -2.61. The minimum Gasteiger partial charge on any atom is -0.454 e. The van der Waals surface area contributed by atoms with Crippen LogP contribution in [0.25, 0.3) is 0 Å². The molecule has 5 rings (SSSR count). The van der Waals surface area contributed by atoms with Gasteiger partial charge >= 0.3 is 17.9 Å². The van der Waals surface area contributed by atoms with Crippen LogP contribution in [0.4, 0.5) is 0 Å². The second kappa shape index (κ2) is 11.6. The van der Waals surface area contributed by atoms with Crippen molar-refractivity contribution in [2.24, 2.45) is 22.7 Å². The Morgan fingerprint density at radius 3 is 1.91 bits per heavy atom. The molecule has 0 spiro atoms. The summed E-state index contributed by atoms with van der Waals surface area (Å²) in [5, 5.41) is 0. The topological polar surface area (TPSA) is 113 Å². The third-order valence-electron chi connectivity index (χ3n) is 9.29. The van der Waals surface area contributed by atoms with Crippen molar-refractivity contribution in [1.82, 2.24) is 0 Å². The molecule has 44 heavy (non-hydrogen) atoms. The fourth-order valence-corrected chi connectivity index (χ4v) is 7.62. The van der Waals surface area contributed by atoms with Crippen molar-refractivity contribution in [2.45, 2.75) is 73.0 Å². The maximum absolute atomic E-state index is 14.6. The van der Waals surface area contributed by atoms with Crippen LogP contribution in [-0.4, -0.2) is 41.7 Å². The number of esters is 3. The molecule has 2 aromatic rings. The van der Waals surface area contributed by atoms with Crippen LogP contribution in [0.2, 0.25) is 0 Å². The summed E-state index contributed by atoms with van der Waals surface area (Å²) in [4.78, 5) is 68.5. The van der Waals surface area contributed by atoms with Crippen molar-refractivity contribution in [1.29, 1.82) is 0 Å². The normalized spacial score (nSPS) is 26.1. The van der Waals surface area contributed by atoms with Crippen molar-refractivity contribution < 1.29 is 38.2 Å². The maximum atomic E-state index is 14.6. The van der Waals surface area contributed by atoms with Crippen molar-refractivity contribution in [3.8, 4) is 0 Å². The number of fused-ring (bicyclic) bond motifs is 2. The molecule has 0 bridgehead atoms. The Morgan fingerprint density at radius 1 is 0.795 bits per heavy atom. The van der Waals surface area contributed by atoms with E-state index in [2.05, 4.69) is 0 Å². The average Bonchev–Trinajstić information content (AvgIpc) is 2.96. The minimum atomic E-state index is -1.33. The third kappa shape index (κ3) is 5.31. The van der Waals surface area contributed by atoms with E-state index in [0.717, 1.165) is 12.8 Å². The van der Waals surface area contributed by atoms with Gasteiger partial charge in [0.15, 0.2) is 17.6 Å². The summed E-state index contributed by atoms with van der Waals surface area (Å²) in [5.74, 6) is -4.52. The SMILES string of the molecule is CC(=O)O[C@H]1C2=C(C(=O)C(OC(=O)c3ccccc3)=C(C(C)C)C2=O)[C@@]2(C)CCCC(C)(C)[C@@H]2[C@@H]1OC(=O)c1ccccc1. The first kappa shape index (κ1) is 31.1. The standard InChI is InChI=1S/C36H38O8/c1-20(2)24-27(38)25-26(28(39)29(24)43-33(40)22-14-9-7-10-15-22)36(6)19-13-18-35(4,5)32(36)31(30(25)42-21(3)37)44-34(41)23-16-11-8-12-17-23/h7-12,14-17,20,30-32H,13,18-19H2,1-6H3/t30-,31+,32-,36+/m0/s1. The zero-order chi connectivity index (χ0) is 32.0. The van der Waals surface area contributed by atoms with Gasteiger partial charge in [-0.2, -0.15) is 0 Å². The highest BCUT2D eigenvalue weighted by atomic mass is 16.6. The van der Waals surface area contributed by atoms with Gasteiger partial charge in [0.05, 0.1) is 16.7 Å². The highest BCUT2D eigenvalue weighted by Crippen LogP contribution is 2.62. The molecule has 0 amide bonds. The maximum Gasteiger partial charge on any atom is 0.343 e. The number of allylic oxidation sites excluding steroid dienone is 2. The average molecular weight is 599 g/mol. The lowest BCUT2D eigenvalue weighted by Gasteiger charge is -2.58. The summed E-state index contributed by atoms with van der Waals surface area (Å²) in [5.41, 5.74) is -0.726. The minimum absolute atomic E-state index is 0.00396. The van der Waals surface area contributed by atoms with Gasteiger partial charge in [-0.15, -0.1) is 0 Å².